The summed E-state index contributed by atoms with van der Waals surface area (Å²) in [6.07, 6.45) is 0. The number of benzene rings is 1. The van der Waals surface area contributed by atoms with Crippen LogP contribution in [0.2, 0.25) is 0 Å². The Balaban J connectivity index is 1.99. The van der Waals surface area contributed by atoms with Crippen LogP contribution in [0.4, 0.5) is 0 Å². The summed E-state index contributed by atoms with van der Waals surface area (Å²) in [5.41, 5.74) is 0.598. The number of piperazine rings is 1. The molecule has 1 aromatic rings. The van der Waals surface area contributed by atoms with Crippen LogP contribution in [0.15, 0.2) is 29.2 Å². The number of halogens is 1. The number of amides is 2. The van der Waals surface area contributed by atoms with Crippen molar-refractivity contribution in [2.45, 2.75) is 17.2 Å². The lowest BCUT2D eigenvalue weighted by atomic mass is 10.1. The molecule has 0 aromatic heterocycles. The van der Waals surface area contributed by atoms with Crippen molar-refractivity contribution in [3.05, 3.63) is 29.8 Å². The van der Waals surface area contributed by atoms with Gasteiger partial charge in [-0.2, -0.15) is 0 Å². The molecule has 1 atom stereocenters. The lowest BCUT2D eigenvalue weighted by Crippen LogP contribution is -2.52. The minimum absolute atomic E-state index is 0.0402. The van der Waals surface area contributed by atoms with Gasteiger partial charge < -0.3 is 9.80 Å². The SMILES string of the molecule is CC(Cl)C(=O)N1CCN(C(=O)c2ccccc2S)CC1. The summed E-state index contributed by atoms with van der Waals surface area (Å²) < 4.78 is 0. The molecule has 1 saturated heterocycles. The number of rotatable bonds is 2. The van der Waals surface area contributed by atoms with Crippen LogP contribution in [-0.4, -0.2) is 53.2 Å². The molecule has 0 bridgehead atoms. The van der Waals surface area contributed by atoms with E-state index in [0.29, 0.717) is 36.6 Å². The van der Waals surface area contributed by atoms with Crippen molar-refractivity contribution in [2.24, 2.45) is 0 Å². The van der Waals surface area contributed by atoms with E-state index >= 15 is 0 Å². The molecule has 1 aromatic carbocycles. The second kappa shape index (κ2) is 6.50. The van der Waals surface area contributed by atoms with Gasteiger partial charge in [0, 0.05) is 31.1 Å². The van der Waals surface area contributed by atoms with Crippen LogP contribution in [0, 0.1) is 0 Å². The van der Waals surface area contributed by atoms with Crippen molar-refractivity contribution in [2.75, 3.05) is 26.2 Å². The molecule has 0 spiro atoms. The van der Waals surface area contributed by atoms with Crippen LogP contribution in [0.1, 0.15) is 17.3 Å². The molecule has 1 aliphatic heterocycles. The van der Waals surface area contributed by atoms with Crippen molar-refractivity contribution >= 4 is 36.0 Å². The largest absolute Gasteiger partial charge is 0.338 e. The predicted octanol–water partition coefficient (Wildman–Crippen LogP) is 1.89. The van der Waals surface area contributed by atoms with Crippen LogP contribution in [0.3, 0.4) is 0 Å². The van der Waals surface area contributed by atoms with Gasteiger partial charge in [-0.3, -0.25) is 9.59 Å². The number of thiol groups is 1. The topological polar surface area (TPSA) is 40.6 Å². The summed E-state index contributed by atoms with van der Waals surface area (Å²) in [7, 11) is 0. The molecular weight excluding hydrogens is 296 g/mol. The molecule has 0 aliphatic carbocycles. The number of carbonyl (C=O) groups excluding carboxylic acids is 2. The molecule has 2 amide bonds. The monoisotopic (exact) mass is 312 g/mol. The van der Waals surface area contributed by atoms with Crippen LogP contribution < -0.4 is 0 Å². The highest BCUT2D eigenvalue weighted by Crippen LogP contribution is 2.17. The molecule has 1 unspecified atom stereocenters. The van der Waals surface area contributed by atoms with Crippen LogP contribution >= 0.6 is 24.2 Å². The highest BCUT2D eigenvalue weighted by atomic mass is 35.5. The quantitative estimate of drug-likeness (QED) is 0.669. The number of hydrogen-bond donors (Lipinski definition) is 1. The minimum Gasteiger partial charge on any atom is -0.338 e. The van der Waals surface area contributed by atoms with Gasteiger partial charge >= 0.3 is 0 Å². The van der Waals surface area contributed by atoms with Crippen molar-refractivity contribution < 1.29 is 9.59 Å². The van der Waals surface area contributed by atoms with E-state index in [9.17, 15) is 9.59 Å². The second-order valence-electron chi connectivity index (χ2n) is 4.75. The lowest BCUT2D eigenvalue weighted by Gasteiger charge is -2.35. The summed E-state index contributed by atoms with van der Waals surface area (Å²) >= 11 is 10.1. The molecule has 0 radical (unpaired) electrons. The molecular formula is C14H17ClN2O2S. The van der Waals surface area contributed by atoms with E-state index in [1.807, 2.05) is 12.1 Å². The van der Waals surface area contributed by atoms with Gasteiger partial charge in [0.2, 0.25) is 5.91 Å². The normalized spacial score (nSPS) is 16.9. The van der Waals surface area contributed by atoms with E-state index in [0.717, 1.165) is 0 Å². The van der Waals surface area contributed by atoms with Gasteiger partial charge in [-0.25, -0.2) is 0 Å². The minimum atomic E-state index is -0.518. The maximum Gasteiger partial charge on any atom is 0.255 e. The Labute approximate surface area is 129 Å². The Hall–Kier alpha value is -1.20. The molecule has 1 aliphatic rings. The molecule has 1 heterocycles. The maximum atomic E-state index is 12.4. The highest BCUT2D eigenvalue weighted by molar-refractivity contribution is 7.80. The van der Waals surface area contributed by atoms with Gasteiger partial charge in [-0.1, -0.05) is 12.1 Å². The molecule has 0 saturated carbocycles. The standard InChI is InChI=1S/C14H17ClN2O2S/c1-10(15)13(18)16-6-8-17(9-7-16)14(19)11-4-2-3-5-12(11)20/h2-5,10,20H,6-9H2,1H3. The van der Waals surface area contributed by atoms with Crippen LogP contribution in [-0.2, 0) is 4.79 Å². The van der Waals surface area contributed by atoms with Crippen molar-refractivity contribution in [1.82, 2.24) is 9.80 Å². The summed E-state index contributed by atoms with van der Waals surface area (Å²) in [5, 5.41) is -0.518. The first-order valence-electron chi connectivity index (χ1n) is 6.51. The molecule has 20 heavy (non-hydrogen) atoms. The lowest BCUT2D eigenvalue weighted by molar-refractivity contribution is -0.131. The van der Waals surface area contributed by atoms with Crippen molar-refractivity contribution in [3.8, 4) is 0 Å². The third-order valence-corrected chi connectivity index (χ3v) is 3.93. The second-order valence-corrected chi connectivity index (χ2v) is 5.89. The fourth-order valence-electron chi connectivity index (χ4n) is 2.21. The number of nitrogens with zero attached hydrogens (tertiary/aromatic N) is 2. The van der Waals surface area contributed by atoms with Crippen LogP contribution in [0.25, 0.3) is 0 Å². The third-order valence-electron chi connectivity index (χ3n) is 3.35. The van der Waals surface area contributed by atoms with Gasteiger partial charge in [0.1, 0.15) is 5.38 Å². The zero-order valence-corrected chi connectivity index (χ0v) is 12.9. The molecule has 1 fully saturated rings. The summed E-state index contributed by atoms with van der Waals surface area (Å²) in [4.78, 5) is 28.3. The smallest absolute Gasteiger partial charge is 0.255 e. The van der Waals surface area contributed by atoms with E-state index in [1.54, 1.807) is 28.9 Å². The summed E-state index contributed by atoms with van der Waals surface area (Å²) in [6, 6.07) is 7.23. The van der Waals surface area contributed by atoms with Gasteiger partial charge in [0.05, 0.1) is 5.56 Å². The van der Waals surface area contributed by atoms with Crippen LogP contribution in [0.5, 0.6) is 0 Å². The van der Waals surface area contributed by atoms with E-state index in [-0.39, 0.29) is 11.8 Å². The Morgan fingerprint density at radius 3 is 2.25 bits per heavy atom. The van der Waals surface area contributed by atoms with Gasteiger partial charge in [-0.05, 0) is 19.1 Å². The Morgan fingerprint density at radius 2 is 1.70 bits per heavy atom. The first kappa shape index (κ1) is 15.2. The maximum absolute atomic E-state index is 12.4. The Kier molecular flexibility index (Phi) is 4.94. The van der Waals surface area contributed by atoms with Gasteiger partial charge in [0.25, 0.3) is 5.91 Å². The van der Waals surface area contributed by atoms with Gasteiger partial charge in [0.15, 0.2) is 0 Å². The third kappa shape index (κ3) is 3.27. The fourth-order valence-corrected chi connectivity index (χ4v) is 2.60. The highest BCUT2D eigenvalue weighted by Gasteiger charge is 2.27. The van der Waals surface area contributed by atoms with Gasteiger partial charge in [-0.15, -0.1) is 24.2 Å². The Bertz CT molecular complexity index is 514. The molecule has 0 N–H and O–H groups in total. The number of carbonyl (C=O) groups is 2. The van der Waals surface area contributed by atoms with Crippen molar-refractivity contribution in [1.29, 1.82) is 0 Å². The molecule has 4 nitrogen and oxygen atoms in total. The predicted molar refractivity (Wildman–Crippen MR) is 81.5 cm³/mol. The number of hydrogen-bond acceptors (Lipinski definition) is 3. The van der Waals surface area contributed by atoms with E-state index in [4.69, 9.17) is 11.6 Å². The fraction of sp³-hybridized carbons (Fsp3) is 0.429. The average molecular weight is 313 g/mol. The zero-order chi connectivity index (χ0) is 14.7. The molecule has 6 heteroatoms. The van der Waals surface area contributed by atoms with E-state index in [2.05, 4.69) is 12.6 Å². The summed E-state index contributed by atoms with van der Waals surface area (Å²) in [6.45, 7) is 3.76. The van der Waals surface area contributed by atoms with E-state index in [1.165, 1.54) is 0 Å². The average Bonchev–Trinajstić information content (AvgIpc) is 2.46. The Morgan fingerprint density at radius 1 is 1.15 bits per heavy atom. The summed E-state index contributed by atoms with van der Waals surface area (Å²) in [5.74, 6) is -0.116. The first-order valence-corrected chi connectivity index (χ1v) is 7.39. The van der Waals surface area contributed by atoms with E-state index < -0.39 is 5.38 Å². The first-order chi connectivity index (χ1) is 9.50. The van der Waals surface area contributed by atoms with Crippen molar-refractivity contribution in [3.63, 3.8) is 0 Å². The number of alkyl halides is 1. The molecule has 108 valence electrons. The zero-order valence-electron chi connectivity index (χ0n) is 11.3. The molecule has 2 rings (SSSR count).